The molecule has 84 valence electrons. The summed E-state index contributed by atoms with van der Waals surface area (Å²) in [6.45, 7) is 1.65. The predicted molar refractivity (Wildman–Crippen MR) is 58.3 cm³/mol. The van der Waals surface area contributed by atoms with Crippen LogP contribution in [-0.4, -0.2) is 19.0 Å². The second kappa shape index (κ2) is 5.12. The summed E-state index contributed by atoms with van der Waals surface area (Å²) in [7, 11) is 1.52. The van der Waals surface area contributed by atoms with E-state index in [1.165, 1.54) is 19.2 Å². The van der Waals surface area contributed by atoms with Crippen molar-refractivity contribution < 1.29 is 9.18 Å². The molecule has 0 fully saturated rings. The first-order valence-electron chi connectivity index (χ1n) is 4.75. The largest absolute Gasteiger partial charge is 0.374 e. The molecule has 1 atom stereocenters. The van der Waals surface area contributed by atoms with Crippen molar-refractivity contribution in [2.24, 2.45) is 0 Å². The van der Waals surface area contributed by atoms with Crippen molar-refractivity contribution in [3.05, 3.63) is 29.6 Å². The first kappa shape index (κ1) is 12.0. The number of carbonyl (C=O) groups excluding carboxylic acids is 1. The van der Waals surface area contributed by atoms with Crippen LogP contribution in [0.4, 0.5) is 10.1 Å². The number of halogens is 1. The molecule has 0 heterocycles. The maximum atomic E-state index is 13.1. The summed E-state index contributed by atoms with van der Waals surface area (Å²) in [4.78, 5) is 11.2. The molecule has 0 aliphatic rings. The molecule has 1 aromatic rings. The van der Waals surface area contributed by atoms with Crippen LogP contribution in [-0.2, 0) is 4.79 Å². The fourth-order valence-corrected chi connectivity index (χ4v) is 1.27. The van der Waals surface area contributed by atoms with Crippen molar-refractivity contribution in [3.63, 3.8) is 0 Å². The van der Waals surface area contributed by atoms with Crippen molar-refractivity contribution in [2.45, 2.75) is 13.0 Å². The van der Waals surface area contributed by atoms with Crippen LogP contribution in [0.3, 0.4) is 0 Å². The summed E-state index contributed by atoms with van der Waals surface area (Å²) in [5.41, 5.74) is 0.624. The number of likely N-dealkylation sites (N-methyl/N-ethyl adjacent to an activating group) is 1. The SMILES string of the molecule is CNC(=O)C(C)Nc1cc(F)cc(C#N)c1. The van der Waals surface area contributed by atoms with Gasteiger partial charge in [-0.1, -0.05) is 0 Å². The molecule has 2 N–H and O–H groups in total. The fourth-order valence-electron chi connectivity index (χ4n) is 1.27. The molecule has 0 saturated heterocycles. The Hall–Kier alpha value is -2.09. The highest BCUT2D eigenvalue weighted by Crippen LogP contribution is 2.14. The van der Waals surface area contributed by atoms with Crippen LogP contribution < -0.4 is 10.6 Å². The second-order valence-electron chi connectivity index (χ2n) is 3.32. The van der Waals surface area contributed by atoms with Gasteiger partial charge in [0, 0.05) is 12.7 Å². The van der Waals surface area contributed by atoms with Gasteiger partial charge in [-0.2, -0.15) is 5.26 Å². The molecule has 0 aliphatic carbocycles. The van der Waals surface area contributed by atoms with Crippen LogP contribution in [0.15, 0.2) is 18.2 Å². The molecule has 1 unspecified atom stereocenters. The lowest BCUT2D eigenvalue weighted by molar-refractivity contribution is -0.121. The smallest absolute Gasteiger partial charge is 0.241 e. The number of anilines is 1. The Morgan fingerprint density at radius 2 is 2.19 bits per heavy atom. The minimum Gasteiger partial charge on any atom is -0.374 e. The van der Waals surface area contributed by atoms with E-state index < -0.39 is 11.9 Å². The second-order valence-corrected chi connectivity index (χ2v) is 3.32. The van der Waals surface area contributed by atoms with Gasteiger partial charge in [-0.15, -0.1) is 0 Å². The third-order valence-electron chi connectivity index (χ3n) is 2.05. The van der Waals surface area contributed by atoms with E-state index in [0.717, 1.165) is 6.07 Å². The predicted octanol–water partition coefficient (Wildman–Crippen LogP) is 1.24. The molecule has 1 rings (SSSR count). The van der Waals surface area contributed by atoms with Gasteiger partial charge in [-0.25, -0.2) is 4.39 Å². The molecule has 1 aromatic carbocycles. The van der Waals surface area contributed by atoms with Crippen LogP contribution >= 0.6 is 0 Å². The molecule has 0 aliphatic heterocycles. The van der Waals surface area contributed by atoms with Gasteiger partial charge >= 0.3 is 0 Å². The molecule has 0 aromatic heterocycles. The van der Waals surface area contributed by atoms with E-state index in [1.807, 2.05) is 6.07 Å². The lowest BCUT2D eigenvalue weighted by Gasteiger charge is -2.13. The van der Waals surface area contributed by atoms with Crippen molar-refractivity contribution in [3.8, 4) is 6.07 Å². The van der Waals surface area contributed by atoms with Crippen molar-refractivity contribution in [2.75, 3.05) is 12.4 Å². The Bertz CT molecular complexity index is 439. The van der Waals surface area contributed by atoms with E-state index in [-0.39, 0.29) is 11.5 Å². The molecule has 1 amide bonds. The zero-order chi connectivity index (χ0) is 12.1. The third kappa shape index (κ3) is 2.95. The van der Waals surface area contributed by atoms with Crippen molar-refractivity contribution in [1.82, 2.24) is 5.32 Å². The van der Waals surface area contributed by atoms with Crippen LogP contribution in [0.25, 0.3) is 0 Å². The molecule has 0 bridgehead atoms. The molecular formula is C11H12FN3O. The van der Waals surface area contributed by atoms with Crippen molar-refractivity contribution in [1.29, 1.82) is 5.26 Å². The summed E-state index contributed by atoms with van der Waals surface area (Å²) in [6, 6.07) is 5.22. The van der Waals surface area contributed by atoms with Gasteiger partial charge in [0.25, 0.3) is 0 Å². The molecule has 0 spiro atoms. The Morgan fingerprint density at radius 1 is 1.50 bits per heavy atom. The summed E-state index contributed by atoms with van der Waals surface area (Å²) in [5.74, 6) is -0.714. The number of benzene rings is 1. The Morgan fingerprint density at radius 3 is 2.75 bits per heavy atom. The first-order valence-corrected chi connectivity index (χ1v) is 4.75. The van der Waals surface area contributed by atoms with E-state index in [2.05, 4.69) is 10.6 Å². The fraction of sp³-hybridized carbons (Fsp3) is 0.273. The lowest BCUT2D eigenvalue weighted by Crippen LogP contribution is -2.35. The van der Waals surface area contributed by atoms with Gasteiger partial charge in [-0.3, -0.25) is 4.79 Å². The zero-order valence-corrected chi connectivity index (χ0v) is 9.04. The first-order chi connectivity index (χ1) is 7.56. The number of rotatable bonds is 3. The third-order valence-corrected chi connectivity index (χ3v) is 2.05. The maximum Gasteiger partial charge on any atom is 0.241 e. The summed E-state index contributed by atoms with van der Waals surface area (Å²) in [5, 5.41) is 13.9. The Balaban J connectivity index is 2.86. The molecular weight excluding hydrogens is 209 g/mol. The number of hydrogen-bond acceptors (Lipinski definition) is 3. The standard InChI is InChI=1S/C11H12FN3O/c1-7(11(16)14-2)15-10-4-8(6-13)3-9(12)5-10/h3-5,7,15H,1-2H3,(H,14,16). The number of amides is 1. The number of carbonyl (C=O) groups is 1. The monoisotopic (exact) mass is 221 g/mol. The molecule has 0 radical (unpaired) electrons. The lowest BCUT2D eigenvalue weighted by atomic mass is 10.2. The van der Waals surface area contributed by atoms with Crippen molar-refractivity contribution >= 4 is 11.6 Å². The van der Waals surface area contributed by atoms with Crippen LogP contribution in [0.1, 0.15) is 12.5 Å². The highest BCUT2D eigenvalue weighted by Gasteiger charge is 2.11. The van der Waals surface area contributed by atoms with Crippen LogP contribution in [0.2, 0.25) is 0 Å². The van der Waals surface area contributed by atoms with Gasteiger partial charge in [-0.05, 0) is 25.1 Å². The topological polar surface area (TPSA) is 64.9 Å². The van der Waals surface area contributed by atoms with Gasteiger partial charge in [0.1, 0.15) is 11.9 Å². The summed E-state index contributed by atoms with van der Waals surface area (Å²) >= 11 is 0. The maximum absolute atomic E-state index is 13.1. The highest BCUT2D eigenvalue weighted by atomic mass is 19.1. The number of nitrogens with one attached hydrogen (secondary N) is 2. The number of nitriles is 1. The van der Waals surface area contributed by atoms with E-state index in [0.29, 0.717) is 5.69 Å². The highest BCUT2D eigenvalue weighted by molar-refractivity contribution is 5.83. The quantitative estimate of drug-likeness (QED) is 0.807. The summed E-state index contributed by atoms with van der Waals surface area (Å²) < 4.78 is 13.1. The number of nitrogens with zero attached hydrogens (tertiary/aromatic N) is 1. The zero-order valence-electron chi connectivity index (χ0n) is 9.04. The minimum atomic E-state index is -0.509. The van der Waals surface area contributed by atoms with Gasteiger partial charge in [0.15, 0.2) is 0 Å². The molecule has 0 saturated carbocycles. The van der Waals surface area contributed by atoms with Crippen LogP contribution in [0, 0.1) is 17.1 Å². The van der Waals surface area contributed by atoms with Gasteiger partial charge in [0.05, 0.1) is 11.6 Å². The average Bonchev–Trinajstić information content (AvgIpc) is 2.26. The van der Waals surface area contributed by atoms with E-state index >= 15 is 0 Å². The molecule has 5 heteroatoms. The Kier molecular flexibility index (Phi) is 3.84. The normalized spacial score (nSPS) is 11.4. The number of hydrogen-bond donors (Lipinski definition) is 2. The molecule has 16 heavy (non-hydrogen) atoms. The summed E-state index contributed by atoms with van der Waals surface area (Å²) in [6.07, 6.45) is 0. The van der Waals surface area contributed by atoms with Gasteiger partial charge in [0.2, 0.25) is 5.91 Å². The minimum absolute atomic E-state index is 0.206. The Labute approximate surface area is 93.1 Å². The van der Waals surface area contributed by atoms with Gasteiger partial charge < -0.3 is 10.6 Å². The molecule has 4 nitrogen and oxygen atoms in total. The van der Waals surface area contributed by atoms with E-state index in [9.17, 15) is 9.18 Å². The van der Waals surface area contributed by atoms with E-state index in [4.69, 9.17) is 5.26 Å². The van der Waals surface area contributed by atoms with Crippen LogP contribution in [0.5, 0.6) is 0 Å². The average molecular weight is 221 g/mol. The van der Waals surface area contributed by atoms with E-state index in [1.54, 1.807) is 6.92 Å².